The SMILES string of the molecule is CN(C(=O)OC(C)(C)C)C1CCC(N(Cc2cc(-c3ccc(S(C)=O)cc3)ccc2O)C(=O)c2sc3c(F)ccc(F)c3c2Cl)CC1. The third-order valence-electron chi connectivity index (χ3n) is 8.41. The average molecular weight is 703 g/mol. The molecule has 4 aromatic rings. The van der Waals surface area contributed by atoms with Gasteiger partial charge in [-0.3, -0.25) is 9.00 Å². The maximum Gasteiger partial charge on any atom is 0.410 e. The summed E-state index contributed by atoms with van der Waals surface area (Å²) < 4.78 is 46.8. The molecule has 1 atom stereocenters. The van der Waals surface area contributed by atoms with Gasteiger partial charge in [-0.25, -0.2) is 13.6 Å². The summed E-state index contributed by atoms with van der Waals surface area (Å²) in [5.74, 6) is -1.91. The van der Waals surface area contributed by atoms with Gasteiger partial charge in [0.15, 0.2) is 0 Å². The van der Waals surface area contributed by atoms with E-state index < -0.39 is 40.0 Å². The lowest BCUT2D eigenvalue weighted by Crippen LogP contribution is -2.47. The second-order valence-electron chi connectivity index (χ2n) is 12.8. The van der Waals surface area contributed by atoms with Crippen molar-refractivity contribution in [1.82, 2.24) is 9.80 Å². The van der Waals surface area contributed by atoms with E-state index in [1.54, 1.807) is 53.4 Å². The Hall–Kier alpha value is -3.54. The number of phenols is 1. The fraction of sp³-hybridized carbons (Fsp3) is 0.371. The number of carbonyl (C=O) groups excluding carboxylic acids is 2. The van der Waals surface area contributed by atoms with Crippen molar-refractivity contribution >= 4 is 55.8 Å². The Kier molecular flexibility index (Phi) is 10.3. The molecule has 12 heteroatoms. The summed E-state index contributed by atoms with van der Waals surface area (Å²) in [4.78, 5) is 31.0. The molecule has 3 aromatic carbocycles. The maximum absolute atomic E-state index is 14.8. The molecule has 1 N–H and O–H groups in total. The van der Waals surface area contributed by atoms with Crippen LogP contribution < -0.4 is 0 Å². The molecule has 1 aliphatic carbocycles. The predicted octanol–water partition coefficient (Wildman–Crippen LogP) is 8.76. The number of phenolic OH excluding ortho intramolecular Hbond substituents is 1. The fourth-order valence-electron chi connectivity index (χ4n) is 5.89. The van der Waals surface area contributed by atoms with Crippen LogP contribution in [-0.4, -0.2) is 62.1 Å². The third kappa shape index (κ3) is 7.63. The highest BCUT2D eigenvalue weighted by Gasteiger charge is 2.35. The first-order chi connectivity index (χ1) is 22.1. The van der Waals surface area contributed by atoms with Gasteiger partial charge in [0.25, 0.3) is 5.91 Å². The van der Waals surface area contributed by atoms with Gasteiger partial charge >= 0.3 is 6.09 Å². The number of hydrogen-bond donors (Lipinski definition) is 1. The summed E-state index contributed by atoms with van der Waals surface area (Å²) in [5.41, 5.74) is 1.45. The molecule has 7 nitrogen and oxygen atoms in total. The Morgan fingerprint density at radius 3 is 2.17 bits per heavy atom. The molecule has 1 aliphatic rings. The molecular formula is C35H37ClF2N2O5S2. The van der Waals surface area contributed by atoms with Gasteiger partial charge in [-0.05, 0) is 94.0 Å². The van der Waals surface area contributed by atoms with E-state index in [-0.39, 0.29) is 44.4 Å². The molecule has 0 bridgehead atoms. The highest BCUT2D eigenvalue weighted by molar-refractivity contribution is 7.84. The minimum Gasteiger partial charge on any atom is -0.508 e. The van der Waals surface area contributed by atoms with Crippen LogP contribution in [0.4, 0.5) is 13.6 Å². The maximum atomic E-state index is 14.8. The lowest BCUT2D eigenvalue weighted by atomic mass is 9.89. The van der Waals surface area contributed by atoms with Crippen LogP contribution in [0.2, 0.25) is 5.02 Å². The van der Waals surface area contributed by atoms with Gasteiger partial charge in [0.05, 0.1) is 15.1 Å². The first-order valence-corrected chi connectivity index (χ1v) is 18.0. The van der Waals surface area contributed by atoms with E-state index in [4.69, 9.17) is 16.3 Å². The summed E-state index contributed by atoms with van der Waals surface area (Å²) in [6.45, 7) is 5.43. The molecule has 1 aromatic heterocycles. The number of aromatic hydroxyl groups is 1. The Balaban J connectivity index is 1.47. The zero-order valence-electron chi connectivity index (χ0n) is 26.8. The number of carbonyl (C=O) groups is 2. The van der Waals surface area contributed by atoms with Crippen molar-refractivity contribution in [2.24, 2.45) is 0 Å². The van der Waals surface area contributed by atoms with Crippen molar-refractivity contribution in [2.45, 2.75) is 75.6 Å². The van der Waals surface area contributed by atoms with Gasteiger partial charge in [0.1, 0.15) is 27.9 Å². The summed E-state index contributed by atoms with van der Waals surface area (Å²) in [6, 6.07) is 13.9. The monoisotopic (exact) mass is 702 g/mol. The Morgan fingerprint density at radius 1 is 0.979 bits per heavy atom. The van der Waals surface area contributed by atoms with Crippen molar-refractivity contribution in [1.29, 1.82) is 0 Å². The Labute approximate surface area is 284 Å². The normalized spacial score (nSPS) is 17.4. The van der Waals surface area contributed by atoms with Crippen molar-refractivity contribution in [3.05, 3.63) is 81.7 Å². The van der Waals surface area contributed by atoms with Gasteiger partial charge in [-0.2, -0.15) is 0 Å². The van der Waals surface area contributed by atoms with Crippen LogP contribution in [0.1, 0.15) is 61.7 Å². The predicted molar refractivity (Wildman–Crippen MR) is 183 cm³/mol. The summed E-state index contributed by atoms with van der Waals surface area (Å²) in [6.07, 6.45) is 3.43. The fourth-order valence-corrected chi connectivity index (χ4v) is 7.91. The van der Waals surface area contributed by atoms with E-state index in [9.17, 15) is 27.7 Å². The molecule has 5 rings (SSSR count). The van der Waals surface area contributed by atoms with Crippen LogP contribution in [0, 0.1) is 11.6 Å². The number of amides is 2. The molecule has 250 valence electrons. The molecule has 1 fully saturated rings. The van der Waals surface area contributed by atoms with Crippen molar-refractivity contribution in [3.8, 4) is 16.9 Å². The summed E-state index contributed by atoms with van der Waals surface area (Å²) in [7, 11) is 0.575. The third-order valence-corrected chi connectivity index (χ3v) is 11.0. The van der Waals surface area contributed by atoms with E-state index in [1.165, 1.54) is 0 Å². The van der Waals surface area contributed by atoms with Gasteiger partial charge in [-0.1, -0.05) is 29.8 Å². The number of hydrogen-bond acceptors (Lipinski definition) is 6. The molecule has 0 saturated heterocycles. The van der Waals surface area contributed by atoms with Crippen LogP contribution in [0.5, 0.6) is 5.75 Å². The van der Waals surface area contributed by atoms with Crippen LogP contribution in [0.15, 0.2) is 59.5 Å². The number of fused-ring (bicyclic) bond motifs is 1. The molecule has 0 spiro atoms. The highest BCUT2D eigenvalue weighted by atomic mass is 35.5. The quantitative estimate of drug-likeness (QED) is 0.208. The largest absolute Gasteiger partial charge is 0.508 e. The first-order valence-electron chi connectivity index (χ1n) is 15.2. The minimum absolute atomic E-state index is 0.00233. The number of rotatable bonds is 7. The zero-order chi connectivity index (χ0) is 34.2. The van der Waals surface area contributed by atoms with Gasteiger partial charge in [-0.15, -0.1) is 11.3 Å². The second kappa shape index (κ2) is 13.9. The lowest BCUT2D eigenvalue weighted by Gasteiger charge is -2.40. The molecule has 0 radical (unpaired) electrons. The van der Waals surface area contributed by atoms with Crippen LogP contribution in [-0.2, 0) is 22.1 Å². The number of thiophene rings is 1. The van der Waals surface area contributed by atoms with Crippen LogP contribution in [0.25, 0.3) is 21.2 Å². The molecular weight excluding hydrogens is 666 g/mol. The van der Waals surface area contributed by atoms with Gasteiger partial charge in [0, 0.05) is 53.2 Å². The topological polar surface area (TPSA) is 87.2 Å². The molecule has 2 amide bonds. The van der Waals surface area contributed by atoms with Crippen LogP contribution in [0.3, 0.4) is 0 Å². The first kappa shape index (κ1) is 34.8. The Morgan fingerprint density at radius 2 is 1.57 bits per heavy atom. The number of ether oxygens (including phenoxy) is 1. The van der Waals surface area contributed by atoms with Crippen molar-refractivity contribution in [3.63, 3.8) is 0 Å². The second-order valence-corrected chi connectivity index (χ2v) is 15.6. The smallest absolute Gasteiger partial charge is 0.410 e. The molecule has 47 heavy (non-hydrogen) atoms. The van der Waals surface area contributed by atoms with E-state index in [2.05, 4.69) is 0 Å². The molecule has 0 aliphatic heterocycles. The molecule has 1 unspecified atom stereocenters. The summed E-state index contributed by atoms with van der Waals surface area (Å²) >= 11 is 7.37. The van der Waals surface area contributed by atoms with Crippen molar-refractivity contribution < 1.29 is 32.4 Å². The summed E-state index contributed by atoms with van der Waals surface area (Å²) in [5, 5.41) is 10.7. The van der Waals surface area contributed by atoms with E-state index in [0.717, 1.165) is 34.6 Å². The van der Waals surface area contributed by atoms with E-state index in [1.807, 2.05) is 32.9 Å². The standard InChI is InChI=1S/C35H37ClF2N2O5S2/c1-35(2,3)45-34(43)39(4)23-9-11-24(12-10-23)40(33(42)32-30(36)29-26(37)15-16-27(38)31(29)46-32)19-22-18-21(8-17-28(22)41)20-6-13-25(14-7-20)47(5)44/h6-8,13-18,23-24,41H,9-12,19H2,1-5H3. The highest BCUT2D eigenvalue weighted by Crippen LogP contribution is 2.41. The number of benzene rings is 3. The van der Waals surface area contributed by atoms with Gasteiger partial charge < -0.3 is 19.6 Å². The minimum atomic E-state index is -1.13. The number of nitrogens with zero attached hydrogens (tertiary/aromatic N) is 2. The lowest BCUT2D eigenvalue weighted by molar-refractivity contribution is 0.0144. The van der Waals surface area contributed by atoms with Gasteiger partial charge in [0.2, 0.25) is 0 Å². The Bertz CT molecular complexity index is 1830. The average Bonchev–Trinajstić information content (AvgIpc) is 3.39. The van der Waals surface area contributed by atoms with Crippen LogP contribution >= 0.6 is 22.9 Å². The van der Waals surface area contributed by atoms with E-state index >= 15 is 0 Å². The van der Waals surface area contributed by atoms with E-state index in [0.29, 0.717) is 36.1 Å². The zero-order valence-corrected chi connectivity index (χ0v) is 29.2. The molecule has 1 saturated carbocycles. The molecule has 1 heterocycles. The number of halogens is 3. The van der Waals surface area contributed by atoms with Crippen molar-refractivity contribution in [2.75, 3.05) is 13.3 Å².